The number of unbranched alkanes of at least 4 members (excludes halogenated alkanes) is 31. The minimum Gasteiger partial charge on any atom is -0.756 e. The molecule has 0 radical (unpaired) electrons. The smallest absolute Gasteiger partial charge is 0.268 e. The van der Waals surface area contributed by atoms with E-state index in [0.29, 0.717) is 17.4 Å². The first-order valence-electron chi connectivity index (χ1n) is 25.2. The third kappa shape index (κ3) is 44.8. The number of nitrogens with zero attached hydrogens (tertiary/aromatic N) is 1. The Morgan fingerprint density at radius 3 is 1.36 bits per heavy atom. The van der Waals surface area contributed by atoms with Gasteiger partial charge < -0.3 is 28.8 Å². The van der Waals surface area contributed by atoms with Crippen molar-refractivity contribution in [3.63, 3.8) is 0 Å². The van der Waals surface area contributed by atoms with E-state index in [-0.39, 0.29) is 19.1 Å². The number of amides is 1. The van der Waals surface area contributed by atoms with E-state index in [1.165, 1.54) is 180 Å². The number of nitrogens with one attached hydrogen (secondary N) is 1. The van der Waals surface area contributed by atoms with Gasteiger partial charge in [-0.2, -0.15) is 0 Å². The molecular formula is C50H99N2O6P. The fraction of sp³-hybridized carbons (Fsp3) is 0.900. The number of aliphatic hydroxyl groups excluding tert-OH is 1. The first-order valence-corrected chi connectivity index (χ1v) is 26.7. The summed E-state index contributed by atoms with van der Waals surface area (Å²) >= 11 is 0. The van der Waals surface area contributed by atoms with Gasteiger partial charge in [-0.1, -0.05) is 218 Å². The molecule has 0 saturated heterocycles. The van der Waals surface area contributed by atoms with Crippen molar-refractivity contribution in [1.82, 2.24) is 5.32 Å². The molecule has 0 spiro atoms. The van der Waals surface area contributed by atoms with E-state index in [0.717, 1.165) is 38.5 Å². The highest BCUT2D eigenvalue weighted by Crippen LogP contribution is 2.38. The molecule has 2 N–H and O–H groups in total. The summed E-state index contributed by atoms with van der Waals surface area (Å²) in [5.41, 5.74) is 0. The van der Waals surface area contributed by atoms with Gasteiger partial charge >= 0.3 is 0 Å². The van der Waals surface area contributed by atoms with Crippen molar-refractivity contribution in [2.75, 3.05) is 40.9 Å². The Labute approximate surface area is 366 Å². The Hall–Kier alpha value is -1.02. The van der Waals surface area contributed by atoms with Crippen LogP contribution in [0, 0.1) is 0 Å². The van der Waals surface area contributed by atoms with E-state index in [2.05, 4.69) is 31.3 Å². The van der Waals surface area contributed by atoms with Crippen molar-refractivity contribution in [3.05, 3.63) is 24.3 Å². The molecule has 0 aromatic carbocycles. The molecule has 0 aliphatic heterocycles. The van der Waals surface area contributed by atoms with Gasteiger partial charge in [0.15, 0.2) is 0 Å². The zero-order valence-corrected chi connectivity index (χ0v) is 40.6. The lowest BCUT2D eigenvalue weighted by Crippen LogP contribution is -2.45. The van der Waals surface area contributed by atoms with E-state index in [9.17, 15) is 19.4 Å². The maximum Gasteiger partial charge on any atom is 0.268 e. The largest absolute Gasteiger partial charge is 0.756 e. The summed E-state index contributed by atoms with van der Waals surface area (Å²) in [5, 5.41) is 13.5. The van der Waals surface area contributed by atoms with Crippen LogP contribution >= 0.6 is 7.82 Å². The SMILES string of the molecule is CCCC/C=C/C(O)C(COP(=O)([O-])OCC[N+](C)(C)C)NC(=O)CCCCCCCCCCCCCCCCCCCCCCC/C=C\CCCCCCCCCC. The lowest BCUT2D eigenvalue weighted by molar-refractivity contribution is -0.870. The Bertz CT molecular complexity index is 1020. The summed E-state index contributed by atoms with van der Waals surface area (Å²) in [6.45, 7) is 4.50. The molecular weight excluding hydrogens is 756 g/mol. The molecule has 59 heavy (non-hydrogen) atoms. The molecule has 0 aliphatic carbocycles. The molecule has 0 rings (SSSR count). The average molecular weight is 855 g/mol. The van der Waals surface area contributed by atoms with Crippen LogP contribution in [0.5, 0.6) is 0 Å². The molecule has 0 aliphatic rings. The van der Waals surface area contributed by atoms with E-state index in [1.807, 2.05) is 27.2 Å². The number of likely N-dealkylation sites (N-methyl/N-ethyl adjacent to an activating group) is 1. The molecule has 3 unspecified atom stereocenters. The summed E-state index contributed by atoms with van der Waals surface area (Å²) in [5.74, 6) is -0.203. The van der Waals surface area contributed by atoms with Gasteiger partial charge in [0.05, 0.1) is 39.9 Å². The van der Waals surface area contributed by atoms with Crippen LogP contribution in [0.2, 0.25) is 0 Å². The maximum atomic E-state index is 12.7. The van der Waals surface area contributed by atoms with Crippen LogP contribution in [0.4, 0.5) is 0 Å². The molecule has 0 saturated carbocycles. The predicted molar refractivity (Wildman–Crippen MR) is 252 cm³/mol. The molecule has 1 amide bonds. The Morgan fingerprint density at radius 2 is 0.949 bits per heavy atom. The molecule has 3 atom stereocenters. The molecule has 0 aromatic heterocycles. The normalized spacial score (nSPS) is 14.4. The third-order valence-electron chi connectivity index (χ3n) is 11.4. The topological polar surface area (TPSA) is 108 Å². The van der Waals surface area contributed by atoms with Crippen LogP contribution < -0.4 is 10.2 Å². The first kappa shape index (κ1) is 58.0. The highest BCUT2D eigenvalue weighted by atomic mass is 31.2. The minimum atomic E-state index is -4.57. The van der Waals surface area contributed by atoms with Crippen LogP contribution in [0.3, 0.4) is 0 Å². The number of carbonyl (C=O) groups is 1. The molecule has 0 fully saturated rings. The van der Waals surface area contributed by atoms with Gasteiger partial charge in [0.25, 0.3) is 7.82 Å². The van der Waals surface area contributed by atoms with Gasteiger partial charge in [0.2, 0.25) is 5.91 Å². The zero-order valence-electron chi connectivity index (χ0n) is 39.7. The second kappa shape index (κ2) is 42.3. The van der Waals surface area contributed by atoms with E-state index in [4.69, 9.17) is 9.05 Å². The van der Waals surface area contributed by atoms with Gasteiger partial charge in [-0.3, -0.25) is 9.36 Å². The molecule has 0 heterocycles. The number of phosphoric ester groups is 1. The van der Waals surface area contributed by atoms with Gasteiger partial charge in [0.1, 0.15) is 13.2 Å². The van der Waals surface area contributed by atoms with Crippen LogP contribution in [0.25, 0.3) is 0 Å². The highest BCUT2D eigenvalue weighted by molar-refractivity contribution is 7.45. The Balaban J connectivity index is 3.72. The van der Waals surface area contributed by atoms with Crippen molar-refractivity contribution in [3.8, 4) is 0 Å². The summed E-state index contributed by atoms with van der Waals surface area (Å²) < 4.78 is 23.0. The van der Waals surface area contributed by atoms with Crippen LogP contribution in [-0.2, 0) is 18.4 Å². The summed E-state index contributed by atoms with van der Waals surface area (Å²) in [4.78, 5) is 25.0. The first-order chi connectivity index (χ1) is 28.5. The molecule has 0 aromatic rings. The number of allylic oxidation sites excluding steroid dienone is 3. The van der Waals surface area contributed by atoms with E-state index in [1.54, 1.807) is 6.08 Å². The number of quaternary nitrogens is 1. The molecule has 350 valence electrons. The minimum absolute atomic E-state index is 0.000446. The standard InChI is InChI=1S/C50H99N2O6P/c1-6-8-10-12-13-14-15-16-17-18-19-20-21-22-23-24-25-26-27-28-29-30-31-32-33-34-35-36-37-38-39-40-42-44-50(54)51-48(49(53)43-41-11-9-7-2)47-58-59(55,56)57-46-45-52(3,4)5/h18-19,41,43,48-49,53H,6-17,20-40,42,44-47H2,1-5H3,(H-,51,54,55,56)/b19-18-,43-41+. The Kier molecular flexibility index (Phi) is 41.6. The summed E-state index contributed by atoms with van der Waals surface area (Å²) in [6.07, 6.45) is 51.9. The van der Waals surface area contributed by atoms with E-state index >= 15 is 0 Å². The van der Waals surface area contributed by atoms with Crippen molar-refractivity contribution in [2.45, 2.75) is 251 Å². The number of phosphoric acid groups is 1. The summed E-state index contributed by atoms with van der Waals surface area (Å²) in [6, 6.07) is -0.878. The number of hydrogen-bond acceptors (Lipinski definition) is 6. The van der Waals surface area contributed by atoms with Crippen molar-refractivity contribution >= 4 is 13.7 Å². The van der Waals surface area contributed by atoms with Crippen molar-refractivity contribution < 1.29 is 32.9 Å². The lowest BCUT2D eigenvalue weighted by Gasteiger charge is -2.29. The van der Waals surface area contributed by atoms with Crippen LogP contribution in [-0.4, -0.2) is 68.5 Å². The average Bonchev–Trinajstić information content (AvgIpc) is 3.19. The maximum absolute atomic E-state index is 12.7. The molecule has 0 bridgehead atoms. The predicted octanol–water partition coefficient (Wildman–Crippen LogP) is 13.8. The van der Waals surface area contributed by atoms with Gasteiger partial charge in [-0.25, -0.2) is 0 Å². The second-order valence-corrected chi connectivity index (χ2v) is 19.9. The zero-order chi connectivity index (χ0) is 43.6. The van der Waals surface area contributed by atoms with Gasteiger partial charge in [-0.15, -0.1) is 0 Å². The number of carbonyl (C=O) groups excluding carboxylic acids is 1. The number of rotatable bonds is 46. The van der Waals surface area contributed by atoms with Crippen molar-refractivity contribution in [2.24, 2.45) is 0 Å². The molecule has 8 nitrogen and oxygen atoms in total. The third-order valence-corrected chi connectivity index (χ3v) is 12.4. The number of aliphatic hydroxyl groups is 1. The molecule has 9 heteroatoms. The fourth-order valence-corrected chi connectivity index (χ4v) is 8.09. The highest BCUT2D eigenvalue weighted by Gasteiger charge is 2.23. The fourth-order valence-electron chi connectivity index (χ4n) is 7.37. The lowest BCUT2D eigenvalue weighted by atomic mass is 10.0. The monoisotopic (exact) mass is 855 g/mol. The van der Waals surface area contributed by atoms with Crippen LogP contribution in [0.1, 0.15) is 239 Å². The number of hydrogen-bond donors (Lipinski definition) is 2. The Morgan fingerprint density at radius 1 is 0.576 bits per heavy atom. The van der Waals surface area contributed by atoms with Crippen molar-refractivity contribution in [1.29, 1.82) is 0 Å². The quantitative estimate of drug-likeness (QED) is 0.0273. The van der Waals surface area contributed by atoms with E-state index < -0.39 is 20.0 Å². The van der Waals surface area contributed by atoms with Gasteiger partial charge in [0, 0.05) is 6.42 Å². The second-order valence-electron chi connectivity index (χ2n) is 18.5. The van der Waals surface area contributed by atoms with Gasteiger partial charge in [-0.05, 0) is 38.5 Å². The van der Waals surface area contributed by atoms with Crippen LogP contribution in [0.15, 0.2) is 24.3 Å². The summed E-state index contributed by atoms with van der Waals surface area (Å²) in [7, 11) is 1.26.